The Kier molecular flexibility index (Phi) is 4.61. The first-order valence-corrected chi connectivity index (χ1v) is 6.74. The third kappa shape index (κ3) is 4.08. The van der Waals surface area contributed by atoms with Crippen molar-refractivity contribution in [2.75, 3.05) is 0 Å². The van der Waals surface area contributed by atoms with Crippen molar-refractivity contribution in [3.63, 3.8) is 0 Å². The lowest BCUT2D eigenvalue weighted by molar-refractivity contribution is 0.588. The zero-order valence-electron chi connectivity index (χ0n) is 11.2. The van der Waals surface area contributed by atoms with Gasteiger partial charge in [0.25, 0.3) is 0 Å². The molecular formula is C15H18ClFN2. The molecule has 2 aromatic rings. The molecule has 0 fully saturated rings. The smallest absolute Gasteiger partial charge is 0.124 e. The molecule has 0 aliphatic heterocycles. The van der Waals surface area contributed by atoms with Crippen molar-refractivity contribution in [2.24, 2.45) is 0 Å². The molecule has 0 spiro atoms. The molecule has 0 atom stereocenters. The van der Waals surface area contributed by atoms with Gasteiger partial charge in [-0.15, -0.1) is 0 Å². The maximum absolute atomic E-state index is 13.0. The highest BCUT2D eigenvalue weighted by Gasteiger charge is 2.04. The van der Waals surface area contributed by atoms with Crippen molar-refractivity contribution < 1.29 is 4.39 Å². The van der Waals surface area contributed by atoms with Gasteiger partial charge in [0.05, 0.1) is 0 Å². The minimum absolute atomic E-state index is 0.303. The normalized spacial score (nSPS) is 11.2. The van der Waals surface area contributed by atoms with E-state index in [1.54, 1.807) is 6.07 Å². The van der Waals surface area contributed by atoms with Crippen molar-refractivity contribution in [3.8, 4) is 0 Å². The van der Waals surface area contributed by atoms with E-state index in [1.807, 2.05) is 6.20 Å². The van der Waals surface area contributed by atoms with Gasteiger partial charge in [0.1, 0.15) is 5.82 Å². The van der Waals surface area contributed by atoms with Crippen molar-refractivity contribution in [1.29, 1.82) is 0 Å². The molecule has 1 aromatic heterocycles. The van der Waals surface area contributed by atoms with Crippen molar-refractivity contribution in [2.45, 2.75) is 33.0 Å². The summed E-state index contributed by atoms with van der Waals surface area (Å²) in [5.74, 6) is -0.303. The summed E-state index contributed by atoms with van der Waals surface area (Å²) >= 11 is 6.02. The van der Waals surface area contributed by atoms with Crippen LogP contribution < -0.4 is 5.32 Å². The second-order valence-corrected chi connectivity index (χ2v) is 5.37. The summed E-state index contributed by atoms with van der Waals surface area (Å²) < 4.78 is 15.0. The Balaban J connectivity index is 2.03. The first-order chi connectivity index (χ1) is 9.04. The maximum Gasteiger partial charge on any atom is 0.124 e. The van der Waals surface area contributed by atoms with Gasteiger partial charge in [-0.3, -0.25) is 0 Å². The topological polar surface area (TPSA) is 17.0 Å². The first kappa shape index (κ1) is 14.1. The fourth-order valence-corrected chi connectivity index (χ4v) is 2.09. The monoisotopic (exact) mass is 280 g/mol. The number of benzene rings is 1. The van der Waals surface area contributed by atoms with E-state index < -0.39 is 0 Å². The minimum atomic E-state index is -0.303. The molecule has 2 nitrogen and oxygen atoms in total. The molecule has 0 unspecified atom stereocenters. The van der Waals surface area contributed by atoms with Crippen LogP contribution in [0.15, 0.2) is 36.7 Å². The quantitative estimate of drug-likeness (QED) is 0.881. The predicted molar refractivity (Wildman–Crippen MR) is 76.9 cm³/mol. The molecule has 0 aliphatic rings. The van der Waals surface area contributed by atoms with Gasteiger partial charge in [-0.1, -0.05) is 31.5 Å². The van der Waals surface area contributed by atoms with E-state index in [0.717, 1.165) is 12.1 Å². The Morgan fingerprint density at radius 3 is 2.79 bits per heavy atom. The summed E-state index contributed by atoms with van der Waals surface area (Å²) in [5, 5.41) is 3.84. The lowest BCUT2D eigenvalue weighted by atomic mass is 10.2. The average molecular weight is 281 g/mol. The predicted octanol–water partition coefficient (Wildman–Crippen LogP) is 3.83. The fraction of sp³-hybridized carbons (Fsp3) is 0.333. The molecule has 1 aromatic carbocycles. The van der Waals surface area contributed by atoms with Crippen LogP contribution in [-0.4, -0.2) is 10.6 Å². The third-order valence-corrected chi connectivity index (χ3v) is 3.25. The van der Waals surface area contributed by atoms with Gasteiger partial charge in [-0.2, -0.15) is 0 Å². The standard InChI is InChI=1S/C15H18ClFN2/c1-11(2)18-8-12-5-6-19(9-12)10-13-3-4-14(17)7-15(13)16/h3-7,9,11,18H,8,10H2,1-2H3. The Morgan fingerprint density at radius 1 is 1.32 bits per heavy atom. The number of halogens is 2. The number of rotatable bonds is 5. The maximum atomic E-state index is 13.0. The van der Waals surface area contributed by atoms with E-state index in [2.05, 4.69) is 36.0 Å². The highest BCUT2D eigenvalue weighted by atomic mass is 35.5. The van der Waals surface area contributed by atoms with E-state index in [9.17, 15) is 4.39 Å². The Bertz CT molecular complexity index is 549. The molecule has 1 N–H and O–H groups in total. The summed E-state index contributed by atoms with van der Waals surface area (Å²) in [4.78, 5) is 0. The number of hydrogen-bond acceptors (Lipinski definition) is 1. The fourth-order valence-electron chi connectivity index (χ4n) is 1.86. The Labute approximate surface area is 118 Å². The van der Waals surface area contributed by atoms with Crippen molar-refractivity contribution in [1.82, 2.24) is 9.88 Å². The van der Waals surface area contributed by atoms with Gasteiger partial charge in [-0.25, -0.2) is 4.39 Å². The van der Waals surface area contributed by atoms with E-state index in [1.165, 1.54) is 17.7 Å². The van der Waals surface area contributed by atoms with Gasteiger partial charge >= 0.3 is 0 Å². The van der Waals surface area contributed by atoms with Crippen molar-refractivity contribution in [3.05, 3.63) is 58.6 Å². The molecule has 4 heteroatoms. The van der Waals surface area contributed by atoms with Gasteiger partial charge in [0.2, 0.25) is 0 Å². The molecule has 1 heterocycles. The number of nitrogens with one attached hydrogen (secondary N) is 1. The van der Waals surface area contributed by atoms with Crippen LogP contribution in [0, 0.1) is 5.82 Å². The van der Waals surface area contributed by atoms with Gasteiger partial charge in [0.15, 0.2) is 0 Å². The van der Waals surface area contributed by atoms with Crippen LogP contribution in [0.5, 0.6) is 0 Å². The highest BCUT2D eigenvalue weighted by Crippen LogP contribution is 2.18. The molecule has 0 aliphatic carbocycles. The summed E-state index contributed by atoms with van der Waals surface area (Å²) in [6.07, 6.45) is 4.09. The van der Waals surface area contributed by atoms with E-state index in [0.29, 0.717) is 17.6 Å². The van der Waals surface area contributed by atoms with E-state index in [4.69, 9.17) is 11.6 Å². The minimum Gasteiger partial charge on any atom is -0.350 e. The van der Waals surface area contributed by atoms with Gasteiger partial charge < -0.3 is 9.88 Å². The second-order valence-electron chi connectivity index (χ2n) is 4.96. The molecule has 0 radical (unpaired) electrons. The van der Waals surface area contributed by atoms with Crippen LogP contribution in [0.2, 0.25) is 5.02 Å². The van der Waals surface area contributed by atoms with Crippen LogP contribution in [0.25, 0.3) is 0 Å². The number of aromatic nitrogens is 1. The van der Waals surface area contributed by atoms with E-state index >= 15 is 0 Å². The largest absolute Gasteiger partial charge is 0.350 e. The highest BCUT2D eigenvalue weighted by molar-refractivity contribution is 6.31. The summed E-state index contributed by atoms with van der Waals surface area (Å²) in [6.45, 7) is 5.74. The number of nitrogens with zero attached hydrogens (tertiary/aromatic N) is 1. The molecular weight excluding hydrogens is 263 g/mol. The van der Waals surface area contributed by atoms with Gasteiger partial charge in [-0.05, 0) is 29.3 Å². The van der Waals surface area contributed by atoms with Crippen LogP contribution in [0.4, 0.5) is 4.39 Å². The molecule has 2 rings (SSSR count). The van der Waals surface area contributed by atoms with Crippen LogP contribution in [0.3, 0.4) is 0 Å². The lowest BCUT2D eigenvalue weighted by Gasteiger charge is -2.07. The number of hydrogen-bond donors (Lipinski definition) is 1. The molecule has 0 saturated carbocycles. The molecule has 0 amide bonds. The second kappa shape index (κ2) is 6.22. The van der Waals surface area contributed by atoms with Gasteiger partial charge in [0, 0.05) is 36.5 Å². The molecule has 0 saturated heterocycles. The summed E-state index contributed by atoms with van der Waals surface area (Å²) in [7, 11) is 0. The SMILES string of the molecule is CC(C)NCc1ccn(Cc2ccc(F)cc2Cl)c1. The zero-order chi connectivity index (χ0) is 13.8. The third-order valence-electron chi connectivity index (χ3n) is 2.89. The zero-order valence-corrected chi connectivity index (χ0v) is 11.9. The van der Waals surface area contributed by atoms with Crippen LogP contribution in [0.1, 0.15) is 25.0 Å². The van der Waals surface area contributed by atoms with Crippen molar-refractivity contribution >= 4 is 11.6 Å². The molecule has 0 bridgehead atoms. The summed E-state index contributed by atoms with van der Waals surface area (Å²) in [6, 6.07) is 7.05. The van der Waals surface area contributed by atoms with E-state index in [-0.39, 0.29) is 5.82 Å². The average Bonchev–Trinajstić information content (AvgIpc) is 2.78. The van der Waals surface area contributed by atoms with Crippen LogP contribution >= 0.6 is 11.6 Å². The Morgan fingerprint density at radius 2 is 2.11 bits per heavy atom. The lowest BCUT2D eigenvalue weighted by Crippen LogP contribution is -2.21. The molecule has 19 heavy (non-hydrogen) atoms. The molecule has 102 valence electrons. The first-order valence-electron chi connectivity index (χ1n) is 6.36. The van der Waals surface area contributed by atoms with Crippen LogP contribution in [-0.2, 0) is 13.1 Å². The summed E-state index contributed by atoms with van der Waals surface area (Å²) in [5.41, 5.74) is 2.15. The Hall–Kier alpha value is -1.32.